The summed E-state index contributed by atoms with van der Waals surface area (Å²) >= 11 is 18.7. The number of nitrogens with zero attached hydrogens (tertiary/aromatic N) is 3. The van der Waals surface area contributed by atoms with E-state index in [1.54, 1.807) is 12.3 Å². The summed E-state index contributed by atoms with van der Waals surface area (Å²) < 4.78 is 2.14. The number of amides is 1. The number of fused-ring (bicyclic) bond motifs is 1. The fourth-order valence-corrected chi connectivity index (χ4v) is 6.70. The highest BCUT2D eigenvalue weighted by atomic mass is 35.5. The normalized spacial score (nSPS) is 16.6. The Morgan fingerprint density at radius 2 is 1.79 bits per heavy atom. The van der Waals surface area contributed by atoms with Crippen LogP contribution >= 0.6 is 35.4 Å². The van der Waals surface area contributed by atoms with Crippen LogP contribution in [0.3, 0.4) is 0 Å². The summed E-state index contributed by atoms with van der Waals surface area (Å²) in [5.74, 6) is -0.0763. The highest BCUT2D eigenvalue weighted by Crippen LogP contribution is 2.42. The molecule has 1 saturated heterocycles. The molecule has 42 heavy (non-hydrogen) atoms. The Labute approximate surface area is 260 Å². The Morgan fingerprint density at radius 1 is 1.00 bits per heavy atom. The van der Waals surface area contributed by atoms with Crippen molar-refractivity contribution in [1.82, 2.24) is 19.8 Å². The summed E-state index contributed by atoms with van der Waals surface area (Å²) in [6, 6.07) is 27.1. The van der Waals surface area contributed by atoms with Gasteiger partial charge in [-0.2, -0.15) is 0 Å². The average Bonchev–Trinajstić information content (AvgIpc) is 3.47. The van der Waals surface area contributed by atoms with Gasteiger partial charge in [0, 0.05) is 46.6 Å². The molecule has 0 unspecified atom stereocenters. The third kappa shape index (κ3) is 5.36. The molecular formula is C33H29Cl2N5OS. The smallest absolute Gasteiger partial charge is 0.226 e. The molecule has 1 amide bonds. The summed E-state index contributed by atoms with van der Waals surface area (Å²) in [6.07, 6.45) is 2.05. The number of nitrogens with one attached hydrogen (secondary N) is 2. The molecule has 2 aromatic heterocycles. The maximum absolute atomic E-state index is 13.2. The third-order valence-electron chi connectivity index (χ3n) is 7.78. The van der Waals surface area contributed by atoms with Gasteiger partial charge in [0.05, 0.1) is 28.5 Å². The molecule has 6 rings (SSSR count). The van der Waals surface area contributed by atoms with Gasteiger partial charge in [-0.25, -0.2) is 0 Å². The quantitative estimate of drug-likeness (QED) is 0.182. The minimum atomic E-state index is -0.200. The number of thiocarbonyl (C=S) groups is 1. The highest BCUT2D eigenvalue weighted by molar-refractivity contribution is 7.80. The number of hydrogen-bond acceptors (Lipinski definition) is 3. The van der Waals surface area contributed by atoms with E-state index < -0.39 is 0 Å². The second-order valence-corrected chi connectivity index (χ2v) is 11.6. The van der Waals surface area contributed by atoms with E-state index in [0.29, 0.717) is 21.7 Å². The molecule has 2 atom stereocenters. The minimum absolute atomic E-state index is 0.0763. The largest absolute Gasteiger partial charge is 0.352 e. The van der Waals surface area contributed by atoms with Crippen LogP contribution in [-0.4, -0.2) is 32.0 Å². The van der Waals surface area contributed by atoms with Gasteiger partial charge in [0.2, 0.25) is 5.91 Å². The second kappa shape index (κ2) is 11.8. The van der Waals surface area contributed by atoms with Crippen molar-refractivity contribution in [3.8, 4) is 5.69 Å². The summed E-state index contributed by atoms with van der Waals surface area (Å²) in [5.41, 5.74) is 5.66. The van der Waals surface area contributed by atoms with E-state index in [-0.39, 0.29) is 24.4 Å². The Balaban J connectivity index is 1.32. The van der Waals surface area contributed by atoms with Crippen molar-refractivity contribution < 1.29 is 4.79 Å². The summed E-state index contributed by atoms with van der Waals surface area (Å²) in [7, 11) is 0. The molecule has 1 aliphatic heterocycles. The van der Waals surface area contributed by atoms with Crippen LogP contribution in [0.2, 0.25) is 10.0 Å². The van der Waals surface area contributed by atoms with Gasteiger partial charge in [0.1, 0.15) is 0 Å². The third-order valence-corrected chi connectivity index (χ3v) is 8.67. The zero-order valence-electron chi connectivity index (χ0n) is 23.1. The number of anilines is 1. The van der Waals surface area contributed by atoms with E-state index in [4.69, 9.17) is 35.4 Å². The van der Waals surface area contributed by atoms with Crippen LogP contribution in [0, 0.1) is 13.8 Å². The predicted octanol–water partition coefficient (Wildman–Crippen LogP) is 7.95. The van der Waals surface area contributed by atoms with E-state index >= 15 is 0 Å². The maximum atomic E-state index is 13.2. The summed E-state index contributed by atoms with van der Waals surface area (Å²) in [4.78, 5) is 20.0. The van der Waals surface area contributed by atoms with Crippen LogP contribution < -0.4 is 10.6 Å². The van der Waals surface area contributed by atoms with Crippen LogP contribution in [0.15, 0.2) is 91.1 Å². The molecule has 6 nitrogen and oxygen atoms in total. The van der Waals surface area contributed by atoms with Crippen molar-refractivity contribution in [3.63, 3.8) is 0 Å². The number of pyridine rings is 1. The van der Waals surface area contributed by atoms with Crippen LogP contribution in [0.4, 0.5) is 5.69 Å². The lowest BCUT2D eigenvalue weighted by Gasteiger charge is -2.28. The summed E-state index contributed by atoms with van der Waals surface area (Å²) in [6.45, 7) is 4.57. The predicted molar refractivity (Wildman–Crippen MR) is 175 cm³/mol. The van der Waals surface area contributed by atoms with Crippen LogP contribution in [-0.2, 0) is 4.79 Å². The monoisotopic (exact) mass is 613 g/mol. The number of aromatic nitrogens is 2. The molecule has 0 spiro atoms. The first-order valence-corrected chi connectivity index (χ1v) is 14.9. The Kier molecular flexibility index (Phi) is 7.90. The van der Waals surface area contributed by atoms with E-state index in [2.05, 4.69) is 45.0 Å². The van der Waals surface area contributed by atoms with Crippen LogP contribution in [0.5, 0.6) is 0 Å². The van der Waals surface area contributed by atoms with E-state index in [9.17, 15) is 4.79 Å². The van der Waals surface area contributed by atoms with Crippen LogP contribution in [0.25, 0.3) is 16.5 Å². The van der Waals surface area contributed by atoms with E-state index in [1.165, 1.54) is 0 Å². The van der Waals surface area contributed by atoms with E-state index in [0.717, 1.165) is 44.8 Å². The van der Waals surface area contributed by atoms with Gasteiger partial charge in [-0.15, -0.1) is 0 Å². The molecule has 0 radical (unpaired) electrons. The van der Waals surface area contributed by atoms with Crippen molar-refractivity contribution in [2.75, 3.05) is 11.9 Å². The number of halogens is 2. The van der Waals surface area contributed by atoms with Gasteiger partial charge in [0.15, 0.2) is 5.11 Å². The van der Waals surface area contributed by atoms with E-state index in [1.807, 2.05) is 72.8 Å². The molecule has 2 N–H and O–H groups in total. The number of benzene rings is 3. The SMILES string of the molecule is Cc1cc([C@@H]2[C@H](c3ccccn3)NC(=S)N2CCC(=O)Nc2cccc3ccccc23)c(C)n1-c1ccc(Cl)cc1Cl. The average molecular weight is 615 g/mol. The molecule has 0 saturated carbocycles. The van der Waals surface area contributed by atoms with Crippen molar-refractivity contribution in [1.29, 1.82) is 0 Å². The van der Waals surface area contributed by atoms with Gasteiger partial charge < -0.3 is 20.1 Å². The molecular weight excluding hydrogens is 585 g/mol. The molecule has 1 aliphatic rings. The number of carbonyl (C=O) groups excluding carboxylic acids is 1. The molecule has 9 heteroatoms. The zero-order valence-corrected chi connectivity index (χ0v) is 25.5. The lowest BCUT2D eigenvalue weighted by atomic mass is 9.96. The first-order chi connectivity index (χ1) is 20.3. The zero-order chi connectivity index (χ0) is 29.4. The molecule has 5 aromatic rings. The maximum Gasteiger partial charge on any atom is 0.226 e. The number of rotatable bonds is 7. The van der Waals surface area contributed by atoms with Crippen molar-refractivity contribution in [2.24, 2.45) is 0 Å². The number of aryl methyl sites for hydroxylation is 1. The van der Waals surface area contributed by atoms with Crippen molar-refractivity contribution in [3.05, 3.63) is 124 Å². The highest BCUT2D eigenvalue weighted by Gasteiger charge is 2.41. The van der Waals surface area contributed by atoms with Gasteiger partial charge in [0.25, 0.3) is 0 Å². The molecule has 3 heterocycles. The van der Waals surface area contributed by atoms with Gasteiger partial charge in [-0.1, -0.05) is 65.7 Å². The standard InChI is InChI=1S/C33H29Cl2N5OS/c1-20-18-25(21(2)40(20)29-14-13-23(34)19-26(29)35)32-31(28-11-5-6-16-36-28)38-33(42)39(32)17-15-30(41)37-27-12-7-9-22-8-3-4-10-24(22)27/h3-14,16,18-19,31-32H,15,17H2,1-2H3,(H,37,41)(H,38,42)/t31-,32+/m0/s1. The second-order valence-electron chi connectivity index (χ2n) is 10.4. The Bertz CT molecular complexity index is 1800. The van der Waals surface area contributed by atoms with Gasteiger partial charge in [-0.05, 0) is 79.5 Å². The molecule has 0 aliphatic carbocycles. The first kappa shape index (κ1) is 28.2. The van der Waals surface area contributed by atoms with Crippen molar-refractivity contribution >= 4 is 62.9 Å². The fourth-order valence-electron chi connectivity index (χ4n) is 5.87. The number of hydrogen-bond donors (Lipinski definition) is 2. The summed E-state index contributed by atoms with van der Waals surface area (Å²) in [5, 5.41) is 10.4. The minimum Gasteiger partial charge on any atom is -0.352 e. The lowest BCUT2D eigenvalue weighted by molar-refractivity contribution is -0.116. The van der Waals surface area contributed by atoms with Gasteiger partial charge in [-0.3, -0.25) is 9.78 Å². The molecule has 212 valence electrons. The Hall–Kier alpha value is -3.91. The Morgan fingerprint density at radius 3 is 2.57 bits per heavy atom. The van der Waals surface area contributed by atoms with Crippen LogP contribution in [0.1, 0.15) is 41.1 Å². The van der Waals surface area contributed by atoms with Crippen molar-refractivity contribution in [2.45, 2.75) is 32.4 Å². The fraction of sp³-hybridized carbons (Fsp3) is 0.182. The molecule has 1 fully saturated rings. The molecule has 3 aromatic carbocycles. The topological polar surface area (TPSA) is 62.2 Å². The van der Waals surface area contributed by atoms with Gasteiger partial charge >= 0.3 is 0 Å². The lowest BCUT2D eigenvalue weighted by Crippen LogP contribution is -2.33. The number of carbonyl (C=O) groups is 1. The first-order valence-electron chi connectivity index (χ1n) is 13.7. The molecule has 0 bridgehead atoms.